The molecule has 0 saturated heterocycles. The Labute approximate surface area is 202 Å². The Bertz CT molecular complexity index is 1570. The molecule has 0 radical (unpaired) electrons. The van der Waals surface area contributed by atoms with Crippen LogP contribution in [0.25, 0.3) is 17.4 Å². The van der Waals surface area contributed by atoms with Gasteiger partial charge in [-0.05, 0) is 38.3 Å². The SMILES string of the molecule is Cc1cc(=O)n2c(n1)SCC2CC(=O)Nc1cc(-c2ccco2)nn1-c1nc2c(c(=O)[nH]1)CCC2. The minimum absolute atomic E-state index is 0.0834. The van der Waals surface area contributed by atoms with Crippen molar-refractivity contribution >= 4 is 23.5 Å². The lowest BCUT2D eigenvalue weighted by Gasteiger charge is -2.14. The molecule has 12 heteroatoms. The maximum atomic E-state index is 13.1. The van der Waals surface area contributed by atoms with Crippen molar-refractivity contribution in [3.05, 3.63) is 68.2 Å². The molecule has 0 bridgehead atoms. The zero-order valence-electron chi connectivity index (χ0n) is 18.8. The van der Waals surface area contributed by atoms with E-state index in [0.29, 0.717) is 45.9 Å². The summed E-state index contributed by atoms with van der Waals surface area (Å²) in [5.74, 6) is 1.35. The first-order valence-electron chi connectivity index (χ1n) is 11.3. The minimum atomic E-state index is -0.311. The fourth-order valence-corrected chi connectivity index (χ4v) is 5.72. The number of hydrogen-bond donors (Lipinski definition) is 2. The van der Waals surface area contributed by atoms with Crippen LogP contribution in [0.4, 0.5) is 5.82 Å². The lowest BCUT2D eigenvalue weighted by Crippen LogP contribution is -2.28. The van der Waals surface area contributed by atoms with Gasteiger partial charge in [0.2, 0.25) is 11.9 Å². The molecule has 0 aromatic carbocycles. The standard InChI is InChI=1S/C23H21N7O4S/c1-12-8-20(32)29-13(11-35-23(29)24-12)9-19(31)26-18-10-16(17-6-3-7-34-17)28-30(18)22-25-15-5-2-4-14(15)21(33)27-22/h3,6-8,10,13H,2,4-5,9,11H2,1H3,(H,26,31)(H,25,27,33). The molecule has 1 amide bonds. The summed E-state index contributed by atoms with van der Waals surface area (Å²) in [6.07, 6.45) is 3.92. The molecular formula is C23H21N7O4S. The summed E-state index contributed by atoms with van der Waals surface area (Å²) in [6, 6.07) is 6.32. The molecule has 1 atom stereocenters. The van der Waals surface area contributed by atoms with Gasteiger partial charge >= 0.3 is 0 Å². The van der Waals surface area contributed by atoms with Gasteiger partial charge in [-0.15, -0.1) is 0 Å². The van der Waals surface area contributed by atoms with E-state index in [0.717, 1.165) is 18.5 Å². The van der Waals surface area contributed by atoms with E-state index < -0.39 is 0 Å². The van der Waals surface area contributed by atoms with E-state index in [-0.39, 0.29) is 35.4 Å². The molecule has 35 heavy (non-hydrogen) atoms. The molecule has 1 aliphatic carbocycles. The highest BCUT2D eigenvalue weighted by molar-refractivity contribution is 7.99. The van der Waals surface area contributed by atoms with Crippen LogP contribution in [0.3, 0.4) is 0 Å². The number of thioether (sulfide) groups is 1. The quantitative estimate of drug-likeness (QED) is 0.405. The van der Waals surface area contributed by atoms with Crippen LogP contribution in [0.2, 0.25) is 0 Å². The van der Waals surface area contributed by atoms with Gasteiger partial charge < -0.3 is 9.73 Å². The van der Waals surface area contributed by atoms with Gasteiger partial charge in [-0.2, -0.15) is 9.78 Å². The van der Waals surface area contributed by atoms with E-state index in [1.165, 1.54) is 28.8 Å². The maximum absolute atomic E-state index is 13.1. The van der Waals surface area contributed by atoms with E-state index in [2.05, 4.69) is 25.4 Å². The molecule has 4 aromatic rings. The number of furan rings is 1. The third-order valence-electron chi connectivity index (χ3n) is 6.12. The number of carbonyl (C=O) groups is 1. The van der Waals surface area contributed by atoms with Crippen molar-refractivity contribution in [1.29, 1.82) is 0 Å². The van der Waals surface area contributed by atoms with Crippen molar-refractivity contribution in [3.8, 4) is 17.4 Å². The second kappa shape index (κ2) is 8.38. The zero-order chi connectivity index (χ0) is 24.1. The van der Waals surface area contributed by atoms with Crippen molar-refractivity contribution in [2.45, 2.75) is 43.8 Å². The number of aromatic amines is 1. The molecule has 0 fully saturated rings. The van der Waals surface area contributed by atoms with Crippen molar-refractivity contribution < 1.29 is 9.21 Å². The number of fused-ring (bicyclic) bond motifs is 2. The summed E-state index contributed by atoms with van der Waals surface area (Å²) >= 11 is 1.46. The molecule has 1 unspecified atom stereocenters. The second-order valence-electron chi connectivity index (χ2n) is 8.58. The first kappa shape index (κ1) is 21.6. The number of anilines is 1. The Balaban J connectivity index is 1.32. The molecule has 4 aromatic heterocycles. The maximum Gasteiger partial charge on any atom is 0.255 e. The summed E-state index contributed by atoms with van der Waals surface area (Å²) in [7, 11) is 0. The van der Waals surface area contributed by atoms with Crippen molar-refractivity contribution in [2.24, 2.45) is 0 Å². The van der Waals surface area contributed by atoms with Gasteiger partial charge in [-0.1, -0.05) is 11.8 Å². The largest absolute Gasteiger partial charge is 0.463 e. The molecule has 11 nitrogen and oxygen atoms in total. The van der Waals surface area contributed by atoms with Gasteiger partial charge in [-0.25, -0.2) is 9.97 Å². The Morgan fingerprint density at radius 2 is 2.17 bits per heavy atom. The van der Waals surface area contributed by atoms with Gasteiger partial charge in [0.1, 0.15) is 11.5 Å². The highest BCUT2D eigenvalue weighted by Gasteiger charge is 2.28. The molecule has 2 aliphatic rings. The van der Waals surface area contributed by atoms with Crippen molar-refractivity contribution in [1.82, 2.24) is 29.3 Å². The van der Waals surface area contributed by atoms with E-state index in [4.69, 9.17) is 4.42 Å². The smallest absolute Gasteiger partial charge is 0.255 e. The van der Waals surface area contributed by atoms with Crippen LogP contribution >= 0.6 is 11.8 Å². The number of nitrogens with one attached hydrogen (secondary N) is 2. The first-order chi connectivity index (χ1) is 17.0. The molecule has 5 heterocycles. The van der Waals surface area contributed by atoms with Crippen LogP contribution in [-0.4, -0.2) is 41.0 Å². The van der Waals surface area contributed by atoms with Gasteiger partial charge in [0.05, 0.1) is 18.0 Å². The van der Waals surface area contributed by atoms with Crippen LogP contribution in [0.1, 0.15) is 35.8 Å². The Hall–Kier alpha value is -3.93. The molecule has 6 rings (SSSR count). The molecular weight excluding hydrogens is 470 g/mol. The lowest BCUT2D eigenvalue weighted by atomic mass is 10.2. The summed E-state index contributed by atoms with van der Waals surface area (Å²) in [5, 5.41) is 8.04. The molecule has 1 aliphatic heterocycles. The van der Waals surface area contributed by atoms with Crippen LogP contribution in [0.15, 0.2) is 49.7 Å². The second-order valence-corrected chi connectivity index (χ2v) is 9.56. The van der Waals surface area contributed by atoms with Crippen molar-refractivity contribution in [2.75, 3.05) is 11.1 Å². The third-order valence-corrected chi connectivity index (χ3v) is 7.22. The van der Waals surface area contributed by atoms with E-state index in [9.17, 15) is 14.4 Å². The van der Waals surface area contributed by atoms with E-state index in [1.807, 2.05) is 0 Å². The normalized spacial score (nSPS) is 16.3. The number of rotatable bonds is 5. The summed E-state index contributed by atoms with van der Waals surface area (Å²) < 4.78 is 8.45. The van der Waals surface area contributed by atoms with Crippen LogP contribution in [0, 0.1) is 6.92 Å². The highest BCUT2D eigenvalue weighted by atomic mass is 32.2. The molecule has 2 N–H and O–H groups in total. The van der Waals surface area contributed by atoms with Gasteiger partial charge in [-0.3, -0.25) is 23.9 Å². The molecule has 0 saturated carbocycles. The topological polar surface area (TPSA) is 141 Å². The van der Waals surface area contributed by atoms with E-state index in [1.54, 1.807) is 29.7 Å². The number of nitrogens with zero attached hydrogens (tertiary/aromatic N) is 5. The minimum Gasteiger partial charge on any atom is -0.463 e. The Morgan fingerprint density at radius 1 is 1.29 bits per heavy atom. The highest BCUT2D eigenvalue weighted by Crippen LogP contribution is 2.32. The summed E-state index contributed by atoms with van der Waals surface area (Å²) in [4.78, 5) is 50.0. The number of carbonyl (C=O) groups excluding carboxylic acids is 1. The van der Waals surface area contributed by atoms with Gasteiger partial charge in [0.15, 0.2) is 10.9 Å². The van der Waals surface area contributed by atoms with Gasteiger partial charge in [0.25, 0.3) is 11.1 Å². The van der Waals surface area contributed by atoms with Crippen LogP contribution in [0.5, 0.6) is 0 Å². The molecule has 0 spiro atoms. The number of aryl methyl sites for hydroxylation is 2. The predicted octanol–water partition coefficient (Wildman–Crippen LogP) is 2.25. The third kappa shape index (κ3) is 3.89. The first-order valence-corrected chi connectivity index (χ1v) is 12.2. The van der Waals surface area contributed by atoms with Crippen molar-refractivity contribution in [3.63, 3.8) is 0 Å². The predicted molar refractivity (Wildman–Crippen MR) is 128 cm³/mol. The number of aromatic nitrogens is 6. The fourth-order valence-electron chi connectivity index (χ4n) is 4.53. The van der Waals surface area contributed by atoms with E-state index >= 15 is 0 Å². The van der Waals surface area contributed by atoms with Crippen LogP contribution < -0.4 is 16.4 Å². The monoisotopic (exact) mass is 491 g/mol. The van der Waals surface area contributed by atoms with Crippen LogP contribution in [-0.2, 0) is 17.6 Å². The lowest BCUT2D eigenvalue weighted by molar-refractivity contribution is -0.116. The number of amides is 1. The number of H-pyrrole nitrogens is 1. The Morgan fingerprint density at radius 3 is 3.00 bits per heavy atom. The van der Waals surface area contributed by atoms with Gasteiger partial charge in [0, 0.05) is 35.6 Å². The zero-order valence-corrected chi connectivity index (χ0v) is 19.6. The fraction of sp³-hybridized carbons (Fsp3) is 0.304. The summed E-state index contributed by atoms with van der Waals surface area (Å²) in [5.41, 5.74) is 2.22. The summed E-state index contributed by atoms with van der Waals surface area (Å²) in [6.45, 7) is 1.78. The molecule has 178 valence electrons. The Kier molecular flexibility index (Phi) is 5.17. The average Bonchev–Trinajstić information content (AvgIpc) is 3.60. The average molecular weight is 492 g/mol. The number of hydrogen-bond acceptors (Lipinski definition) is 8.